The summed E-state index contributed by atoms with van der Waals surface area (Å²) in [6.07, 6.45) is 22.7. The van der Waals surface area contributed by atoms with Gasteiger partial charge in [0.25, 0.3) is 0 Å². The number of rotatable bonds is 17. The lowest BCUT2D eigenvalue weighted by Crippen LogP contribution is -2.11. The van der Waals surface area contributed by atoms with E-state index in [9.17, 15) is 0 Å². The number of hydrogen-bond acceptors (Lipinski definition) is 2. The minimum Gasteiger partial charge on any atom is -0.265 e. The number of H-pyrrole nitrogens is 1. The molecule has 1 aromatic heterocycles. The fourth-order valence-corrected chi connectivity index (χ4v) is 3.88. The van der Waals surface area contributed by atoms with E-state index in [2.05, 4.69) is 36.2 Å². The van der Waals surface area contributed by atoms with Gasteiger partial charge in [0, 0.05) is 12.1 Å². The summed E-state index contributed by atoms with van der Waals surface area (Å²) in [5, 5.41) is 11.2. The molecule has 0 fully saturated rings. The van der Waals surface area contributed by atoms with Gasteiger partial charge in [0.1, 0.15) is 0 Å². The second-order valence-corrected chi connectivity index (χ2v) is 7.95. The molecular formula is C22H43N3. The molecule has 0 amide bonds. The van der Waals surface area contributed by atoms with Crippen molar-refractivity contribution in [2.75, 3.05) is 0 Å². The molecule has 0 saturated carbocycles. The van der Waals surface area contributed by atoms with Crippen molar-refractivity contribution in [3.05, 3.63) is 11.9 Å². The van der Waals surface area contributed by atoms with Crippen LogP contribution in [0.1, 0.15) is 129 Å². The van der Waals surface area contributed by atoms with Crippen molar-refractivity contribution in [2.45, 2.75) is 123 Å². The molecule has 3 nitrogen and oxygen atoms in total. The Balaban J connectivity index is 2.21. The molecule has 2 atom stereocenters. The molecule has 0 aliphatic carbocycles. The summed E-state index contributed by atoms with van der Waals surface area (Å²) in [6, 6.07) is 0. The number of aromatic amines is 1. The van der Waals surface area contributed by atoms with Crippen molar-refractivity contribution in [2.24, 2.45) is 5.92 Å². The third-order valence-corrected chi connectivity index (χ3v) is 5.63. The third kappa shape index (κ3) is 10.7. The van der Waals surface area contributed by atoms with Crippen molar-refractivity contribution in [3.63, 3.8) is 0 Å². The molecule has 1 heterocycles. The van der Waals surface area contributed by atoms with E-state index in [1.807, 2.05) is 6.20 Å². The SMILES string of the molecule is CCCCCCCCCCCC(c1c[nH]nn1)C(C)CCCCCC. The molecule has 0 aliphatic rings. The quantitative estimate of drug-likeness (QED) is 0.297. The summed E-state index contributed by atoms with van der Waals surface area (Å²) in [6.45, 7) is 6.99. The van der Waals surface area contributed by atoms with Crippen LogP contribution in [0.15, 0.2) is 6.20 Å². The summed E-state index contributed by atoms with van der Waals surface area (Å²) >= 11 is 0. The zero-order valence-electron chi connectivity index (χ0n) is 17.2. The van der Waals surface area contributed by atoms with Gasteiger partial charge in [0.15, 0.2) is 0 Å². The van der Waals surface area contributed by atoms with E-state index in [0.29, 0.717) is 5.92 Å². The van der Waals surface area contributed by atoms with E-state index < -0.39 is 0 Å². The van der Waals surface area contributed by atoms with E-state index in [0.717, 1.165) is 5.92 Å². The fraction of sp³-hybridized carbons (Fsp3) is 0.909. The summed E-state index contributed by atoms with van der Waals surface area (Å²) in [7, 11) is 0. The molecule has 0 aliphatic heterocycles. The van der Waals surface area contributed by atoms with E-state index in [1.54, 1.807) is 0 Å². The van der Waals surface area contributed by atoms with Crippen molar-refractivity contribution in [3.8, 4) is 0 Å². The van der Waals surface area contributed by atoms with Gasteiger partial charge in [-0.1, -0.05) is 116 Å². The molecule has 2 unspecified atom stereocenters. The van der Waals surface area contributed by atoms with Gasteiger partial charge in [-0.15, -0.1) is 5.10 Å². The number of hydrogen-bond donors (Lipinski definition) is 1. The van der Waals surface area contributed by atoms with E-state index in [4.69, 9.17) is 0 Å². The van der Waals surface area contributed by atoms with Gasteiger partial charge in [-0.3, -0.25) is 5.10 Å². The minimum absolute atomic E-state index is 0.588. The Morgan fingerprint density at radius 3 is 1.84 bits per heavy atom. The molecule has 1 rings (SSSR count). The van der Waals surface area contributed by atoms with E-state index in [1.165, 1.54) is 102 Å². The number of aromatic nitrogens is 3. The van der Waals surface area contributed by atoms with Gasteiger partial charge < -0.3 is 0 Å². The van der Waals surface area contributed by atoms with Crippen LogP contribution in [0.2, 0.25) is 0 Å². The first-order valence-corrected chi connectivity index (χ1v) is 11.2. The maximum Gasteiger partial charge on any atom is 0.0857 e. The minimum atomic E-state index is 0.588. The van der Waals surface area contributed by atoms with Crippen molar-refractivity contribution < 1.29 is 0 Å². The normalized spacial score (nSPS) is 13.9. The van der Waals surface area contributed by atoms with E-state index in [-0.39, 0.29) is 0 Å². The second kappa shape index (κ2) is 15.4. The van der Waals surface area contributed by atoms with Gasteiger partial charge in [0.2, 0.25) is 0 Å². The van der Waals surface area contributed by atoms with Crippen LogP contribution in [-0.2, 0) is 0 Å². The highest BCUT2D eigenvalue weighted by atomic mass is 15.3. The van der Waals surface area contributed by atoms with E-state index >= 15 is 0 Å². The zero-order chi connectivity index (χ0) is 18.2. The summed E-state index contributed by atoms with van der Waals surface area (Å²) in [5.41, 5.74) is 1.18. The molecule has 1 N–H and O–H groups in total. The Kier molecular flexibility index (Phi) is 13.7. The molecule has 25 heavy (non-hydrogen) atoms. The number of nitrogens with one attached hydrogen (secondary N) is 1. The first-order chi connectivity index (χ1) is 12.3. The highest BCUT2D eigenvalue weighted by Crippen LogP contribution is 2.32. The Morgan fingerprint density at radius 1 is 0.760 bits per heavy atom. The molecule has 0 radical (unpaired) electrons. The van der Waals surface area contributed by atoms with Crippen molar-refractivity contribution in [1.29, 1.82) is 0 Å². The topological polar surface area (TPSA) is 41.6 Å². The average Bonchev–Trinajstić information content (AvgIpc) is 3.14. The Bertz CT molecular complexity index is 375. The fourth-order valence-electron chi connectivity index (χ4n) is 3.88. The largest absolute Gasteiger partial charge is 0.265 e. The standard InChI is InChI=1S/C22H43N3/c1-4-6-8-10-11-12-13-14-16-18-21(22-19-23-25-24-22)20(3)17-15-9-7-5-2/h19-21H,4-18H2,1-3H3,(H,23,24,25). The molecule has 1 aromatic rings. The molecule has 0 spiro atoms. The summed E-state index contributed by atoms with van der Waals surface area (Å²) < 4.78 is 0. The molecule has 0 bridgehead atoms. The summed E-state index contributed by atoms with van der Waals surface area (Å²) in [5.74, 6) is 1.31. The first kappa shape index (κ1) is 22.2. The maximum absolute atomic E-state index is 4.33. The molecular weight excluding hydrogens is 306 g/mol. The lowest BCUT2D eigenvalue weighted by Gasteiger charge is -2.22. The van der Waals surface area contributed by atoms with Crippen LogP contribution in [0, 0.1) is 5.92 Å². The lowest BCUT2D eigenvalue weighted by atomic mass is 9.83. The second-order valence-electron chi connectivity index (χ2n) is 7.95. The molecule has 146 valence electrons. The van der Waals surface area contributed by atoms with Crippen LogP contribution in [0.5, 0.6) is 0 Å². The monoisotopic (exact) mass is 349 g/mol. The average molecular weight is 350 g/mol. The maximum atomic E-state index is 4.33. The van der Waals surface area contributed by atoms with Crippen LogP contribution < -0.4 is 0 Å². The van der Waals surface area contributed by atoms with Gasteiger partial charge >= 0.3 is 0 Å². The van der Waals surface area contributed by atoms with Gasteiger partial charge in [0.05, 0.1) is 5.69 Å². The predicted octanol–water partition coefficient (Wildman–Crippen LogP) is 7.42. The lowest BCUT2D eigenvalue weighted by molar-refractivity contribution is 0.372. The molecule has 3 heteroatoms. The van der Waals surface area contributed by atoms with Crippen molar-refractivity contribution >= 4 is 0 Å². The zero-order valence-corrected chi connectivity index (χ0v) is 17.2. The van der Waals surface area contributed by atoms with Crippen LogP contribution >= 0.6 is 0 Å². The van der Waals surface area contributed by atoms with Crippen LogP contribution in [-0.4, -0.2) is 15.4 Å². The highest BCUT2D eigenvalue weighted by Gasteiger charge is 2.21. The van der Waals surface area contributed by atoms with Crippen LogP contribution in [0.4, 0.5) is 0 Å². The first-order valence-electron chi connectivity index (χ1n) is 11.2. The Morgan fingerprint density at radius 2 is 1.28 bits per heavy atom. The molecule has 0 aromatic carbocycles. The smallest absolute Gasteiger partial charge is 0.0857 e. The van der Waals surface area contributed by atoms with Crippen LogP contribution in [0.25, 0.3) is 0 Å². The van der Waals surface area contributed by atoms with Gasteiger partial charge in [-0.2, -0.15) is 0 Å². The highest BCUT2D eigenvalue weighted by molar-refractivity contribution is 5.02. The summed E-state index contributed by atoms with van der Waals surface area (Å²) in [4.78, 5) is 0. The van der Waals surface area contributed by atoms with Gasteiger partial charge in [-0.05, 0) is 12.3 Å². The molecule has 0 saturated heterocycles. The number of unbranched alkanes of at least 4 members (excludes halogenated alkanes) is 11. The Hall–Kier alpha value is -0.860. The number of nitrogens with zero attached hydrogens (tertiary/aromatic N) is 2. The predicted molar refractivity (Wildman–Crippen MR) is 109 cm³/mol. The van der Waals surface area contributed by atoms with Crippen molar-refractivity contribution in [1.82, 2.24) is 15.4 Å². The Labute approximate surface area is 156 Å². The third-order valence-electron chi connectivity index (χ3n) is 5.63. The van der Waals surface area contributed by atoms with Crippen LogP contribution in [0.3, 0.4) is 0 Å². The van der Waals surface area contributed by atoms with Gasteiger partial charge in [-0.25, -0.2) is 0 Å².